The van der Waals surface area contributed by atoms with Crippen LogP contribution in [0.3, 0.4) is 0 Å². The first-order chi connectivity index (χ1) is 9.97. The van der Waals surface area contributed by atoms with Crippen molar-refractivity contribution in [2.75, 3.05) is 37.7 Å². The van der Waals surface area contributed by atoms with Crippen LogP contribution in [0.25, 0.3) is 0 Å². The van der Waals surface area contributed by atoms with Crippen molar-refractivity contribution in [2.24, 2.45) is 11.3 Å². The highest BCUT2D eigenvalue weighted by Crippen LogP contribution is 2.59. The number of carbonyl (C=O) groups excluding carboxylic acids is 1. The highest BCUT2D eigenvalue weighted by atomic mass is 32.2. The third-order valence-electron chi connectivity index (χ3n) is 5.36. The van der Waals surface area contributed by atoms with E-state index in [1.807, 2.05) is 0 Å². The molecular weight excluding hydrogens is 292 g/mol. The van der Waals surface area contributed by atoms with E-state index in [9.17, 15) is 18.3 Å². The lowest BCUT2D eigenvalue weighted by Gasteiger charge is -2.30. The van der Waals surface area contributed by atoms with Crippen molar-refractivity contribution >= 4 is 15.7 Å². The number of carbonyl (C=O) groups is 1. The molecule has 2 heterocycles. The minimum Gasteiger partial charge on any atom is -0.395 e. The summed E-state index contributed by atoms with van der Waals surface area (Å²) in [5, 5.41) is 12.5. The molecule has 3 aliphatic rings. The van der Waals surface area contributed by atoms with Crippen LogP contribution in [0, 0.1) is 11.3 Å². The van der Waals surface area contributed by atoms with Gasteiger partial charge in [-0.05, 0) is 44.2 Å². The largest absolute Gasteiger partial charge is 0.395 e. The van der Waals surface area contributed by atoms with Crippen molar-refractivity contribution in [1.29, 1.82) is 0 Å². The monoisotopic (exact) mass is 316 g/mol. The molecule has 1 saturated carbocycles. The summed E-state index contributed by atoms with van der Waals surface area (Å²) in [5.74, 6) is 0.314. The second-order valence-electron chi connectivity index (χ2n) is 6.68. The van der Waals surface area contributed by atoms with Gasteiger partial charge >= 0.3 is 0 Å². The number of aliphatic hydroxyl groups excluding tert-OH is 1. The zero-order valence-electron chi connectivity index (χ0n) is 12.3. The Kier molecular flexibility index (Phi) is 4.00. The maximum atomic E-state index is 12.8. The Bertz CT molecular complexity index is 513. The van der Waals surface area contributed by atoms with Gasteiger partial charge in [-0.25, -0.2) is 8.42 Å². The fourth-order valence-corrected chi connectivity index (χ4v) is 5.71. The van der Waals surface area contributed by atoms with Crippen LogP contribution in [-0.4, -0.2) is 68.1 Å². The minimum absolute atomic E-state index is 0.0365. The van der Waals surface area contributed by atoms with E-state index < -0.39 is 9.84 Å². The second kappa shape index (κ2) is 5.52. The number of rotatable bonds is 4. The lowest BCUT2D eigenvalue weighted by Crippen LogP contribution is -2.45. The molecule has 0 bridgehead atoms. The highest BCUT2D eigenvalue weighted by molar-refractivity contribution is 7.91. The van der Waals surface area contributed by atoms with Gasteiger partial charge in [0.2, 0.25) is 5.91 Å². The van der Waals surface area contributed by atoms with Gasteiger partial charge in [0.15, 0.2) is 9.84 Å². The van der Waals surface area contributed by atoms with Crippen LogP contribution < -0.4 is 5.32 Å². The van der Waals surface area contributed by atoms with E-state index in [-0.39, 0.29) is 47.9 Å². The standard InChI is InChI=1S/C14H24N2O4S/c17-7-6-16(11-1-8-21(19,20)10-11)13(18)12-9-14(12)2-4-15-5-3-14/h11-12,15,17H,1-10H2. The van der Waals surface area contributed by atoms with Crippen molar-refractivity contribution in [3.63, 3.8) is 0 Å². The summed E-state index contributed by atoms with van der Waals surface area (Å²) in [6.45, 7) is 2.07. The summed E-state index contributed by atoms with van der Waals surface area (Å²) in [6, 6.07) is -0.242. The summed E-state index contributed by atoms with van der Waals surface area (Å²) >= 11 is 0. The third kappa shape index (κ3) is 2.96. The van der Waals surface area contributed by atoms with Gasteiger partial charge in [-0.1, -0.05) is 0 Å². The van der Waals surface area contributed by atoms with Gasteiger partial charge < -0.3 is 15.3 Å². The number of hydrogen-bond acceptors (Lipinski definition) is 5. The Hall–Kier alpha value is -0.660. The molecule has 7 heteroatoms. The maximum absolute atomic E-state index is 12.8. The topological polar surface area (TPSA) is 86.7 Å². The van der Waals surface area contributed by atoms with Gasteiger partial charge in [-0.3, -0.25) is 4.79 Å². The smallest absolute Gasteiger partial charge is 0.226 e. The average Bonchev–Trinajstić information content (AvgIpc) is 3.01. The number of sulfone groups is 1. The van der Waals surface area contributed by atoms with Crippen molar-refractivity contribution < 1.29 is 18.3 Å². The molecule has 2 saturated heterocycles. The first-order valence-electron chi connectivity index (χ1n) is 7.80. The minimum atomic E-state index is -3.02. The third-order valence-corrected chi connectivity index (χ3v) is 7.11. The predicted molar refractivity (Wildman–Crippen MR) is 78.5 cm³/mol. The van der Waals surface area contributed by atoms with Crippen molar-refractivity contribution in [1.82, 2.24) is 10.2 Å². The van der Waals surface area contributed by atoms with Crippen LogP contribution in [0.2, 0.25) is 0 Å². The van der Waals surface area contributed by atoms with Crippen molar-refractivity contribution in [3.8, 4) is 0 Å². The SMILES string of the molecule is O=C(C1CC12CCNCC2)N(CCO)C1CCS(=O)(=O)C1. The molecule has 0 radical (unpaired) electrons. The van der Waals surface area contributed by atoms with Gasteiger partial charge in [-0.15, -0.1) is 0 Å². The van der Waals surface area contributed by atoms with Gasteiger partial charge in [0.25, 0.3) is 0 Å². The summed E-state index contributed by atoms with van der Waals surface area (Å²) in [4.78, 5) is 14.4. The Balaban J connectivity index is 1.68. The molecule has 0 aromatic heterocycles. The Morgan fingerprint density at radius 3 is 2.62 bits per heavy atom. The van der Waals surface area contributed by atoms with Crippen molar-refractivity contribution in [2.45, 2.75) is 31.7 Å². The van der Waals surface area contributed by atoms with E-state index in [1.54, 1.807) is 4.90 Å². The van der Waals surface area contributed by atoms with Gasteiger partial charge in [0.1, 0.15) is 0 Å². The molecule has 2 aliphatic heterocycles. The molecule has 2 unspecified atom stereocenters. The van der Waals surface area contributed by atoms with Crippen LogP contribution >= 0.6 is 0 Å². The molecule has 2 N–H and O–H groups in total. The highest BCUT2D eigenvalue weighted by Gasteiger charge is 2.59. The van der Waals surface area contributed by atoms with E-state index in [4.69, 9.17) is 0 Å². The molecule has 1 spiro atoms. The zero-order chi connectivity index (χ0) is 15.1. The van der Waals surface area contributed by atoms with E-state index in [1.165, 1.54) is 0 Å². The molecule has 1 aliphatic carbocycles. The van der Waals surface area contributed by atoms with Gasteiger partial charge in [0.05, 0.1) is 18.1 Å². The van der Waals surface area contributed by atoms with E-state index in [2.05, 4.69) is 5.32 Å². The van der Waals surface area contributed by atoms with Crippen LogP contribution in [0.1, 0.15) is 25.7 Å². The Morgan fingerprint density at radius 1 is 1.33 bits per heavy atom. The molecule has 21 heavy (non-hydrogen) atoms. The van der Waals surface area contributed by atoms with Gasteiger partial charge in [0, 0.05) is 18.5 Å². The summed E-state index contributed by atoms with van der Waals surface area (Å²) in [6.07, 6.45) is 3.49. The number of nitrogens with zero attached hydrogens (tertiary/aromatic N) is 1. The summed E-state index contributed by atoms with van der Waals surface area (Å²) in [7, 11) is -3.02. The first kappa shape index (κ1) is 15.2. The van der Waals surface area contributed by atoms with Crippen LogP contribution in [0.4, 0.5) is 0 Å². The van der Waals surface area contributed by atoms with Crippen LogP contribution in [0.15, 0.2) is 0 Å². The molecule has 3 fully saturated rings. The summed E-state index contributed by atoms with van der Waals surface area (Å²) < 4.78 is 23.3. The van der Waals surface area contributed by atoms with E-state index in [0.29, 0.717) is 6.42 Å². The molecule has 1 amide bonds. The molecule has 6 nitrogen and oxygen atoms in total. The number of aliphatic hydroxyl groups is 1. The predicted octanol–water partition coefficient (Wildman–Crippen LogP) is -0.616. The van der Waals surface area contributed by atoms with Gasteiger partial charge in [-0.2, -0.15) is 0 Å². The molecule has 0 aromatic carbocycles. The maximum Gasteiger partial charge on any atom is 0.226 e. The fourth-order valence-electron chi connectivity index (χ4n) is 3.98. The van der Waals surface area contributed by atoms with Crippen LogP contribution in [-0.2, 0) is 14.6 Å². The molecular formula is C14H24N2O4S. The molecule has 0 aromatic rings. The Morgan fingerprint density at radius 2 is 2.05 bits per heavy atom. The zero-order valence-corrected chi connectivity index (χ0v) is 13.1. The van der Waals surface area contributed by atoms with Crippen LogP contribution in [0.5, 0.6) is 0 Å². The molecule has 3 rings (SSSR count). The van der Waals surface area contributed by atoms with E-state index >= 15 is 0 Å². The quantitative estimate of drug-likeness (QED) is 0.722. The normalized spacial score (nSPS) is 33.0. The lowest BCUT2D eigenvalue weighted by molar-refractivity contribution is -0.136. The molecule has 2 atom stereocenters. The first-order valence-corrected chi connectivity index (χ1v) is 9.62. The number of nitrogens with one attached hydrogen (secondary N) is 1. The summed E-state index contributed by atoms with van der Waals surface area (Å²) in [5.41, 5.74) is 0.146. The Labute approximate surface area is 125 Å². The fraction of sp³-hybridized carbons (Fsp3) is 0.929. The number of amides is 1. The molecule has 120 valence electrons. The number of piperidine rings is 1. The van der Waals surface area contributed by atoms with Crippen molar-refractivity contribution in [3.05, 3.63) is 0 Å². The number of hydrogen-bond donors (Lipinski definition) is 2. The van der Waals surface area contributed by atoms with E-state index in [0.717, 1.165) is 32.4 Å². The lowest BCUT2D eigenvalue weighted by atomic mass is 9.91. The average molecular weight is 316 g/mol. The second-order valence-corrected chi connectivity index (χ2v) is 8.91.